The Labute approximate surface area is 219 Å². The van der Waals surface area contributed by atoms with E-state index in [2.05, 4.69) is 29.0 Å². The largest absolute Gasteiger partial charge is 0.381 e. The minimum Gasteiger partial charge on any atom is -0.381 e. The average Bonchev–Trinajstić information content (AvgIpc) is 3.41. The molecule has 0 radical (unpaired) electrons. The van der Waals surface area contributed by atoms with E-state index in [1.807, 2.05) is 42.8 Å². The number of aryl methyl sites for hydroxylation is 2. The van der Waals surface area contributed by atoms with Crippen LogP contribution in [0.5, 0.6) is 0 Å². The number of pyridine rings is 1. The third kappa shape index (κ3) is 3.82. The zero-order valence-corrected chi connectivity index (χ0v) is 21.7. The number of aromatic nitrogens is 5. The second-order valence-electron chi connectivity index (χ2n) is 10.1. The van der Waals surface area contributed by atoms with Crippen molar-refractivity contribution in [1.82, 2.24) is 24.5 Å². The van der Waals surface area contributed by atoms with Gasteiger partial charge in [-0.2, -0.15) is 0 Å². The van der Waals surface area contributed by atoms with Gasteiger partial charge in [0.25, 0.3) is 0 Å². The number of allylic oxidation sites excluding steroid dienone is 1. The maximum atomic E-state index is 16.4. The normalized spacial score (nSPS) is 15.4. The SMILES string of the molecule is C=C(C)c1c(F)cc2c3ncc(-c4c(C)nnn4C)cc3n(C(c3ccccc3)C3CCOCC3)c2c1F. The van der Waals surface area contributed by atoms with Gasteiger partial charge < -0.3 is 9.30 Å². The van der Waals surface area contributed by atoms with Crippen LogP contribution >= 0.6 is 0 Å². The molecule has 1 saturated heterocycles. The fraction of sp³-hybridized carbons (Fsp3) is 0.300. The lowest BCUT2D eigenvalue weighted by Gasteiger charge is -2.33. The first kappa shape index (κ1) is 24.4. The van der Waals surface area contributed by atoms with E-state index in [1.54, 1.807) is 17.8 Å². The Morgan fingerprint density at radius 3 is 2.53 bits per heavy atom. The molecule has 6 nitrogen and oxygen atoms in total. The van der Waals surface area contributed by atoms with Crippen molar-refractivity contribution in [2.24, 2.45) is 13.0 Å². The van der Waals surface area contributed by atoms with Crippen LogP contribution in [0.25, 0.3) is 38.8 Å². The molecule has 194 valence electrons. The van der Waals surface area contributed by atoms with Gasteiger partial charge in [-0.05, 0) is 55.9 Å². The lowest BCUT2D eigenvalue weighted by atomic mass is 9.86. The first-order valence-electron chi connectivity index (χ1n) is 12.8. The van der Waals surface area contributed by atoms with E-state index < -0.39 is 11.6 Å². The Morgan fingerprint density at radius 2 is 1.87 bits per heavy atom. The van der Waals surface area contributed by atoms with E-state index >= 15 is 8.78 Å². The van der Waals surface area contributed by atoms with Gasteiger partial charge in [-0.15, -0.1) is 5.10 Å². The number of fused-ring (bicyclic) bond motifs is 3. The van der Waals surface area contributed by atoms with Gasteiger partial charge in [0.1, 0.15) is 5.82 Å². The van der Waals surface area contributed by atoms with Crippen LogP contribution < -0.4 is 0 Å². The number of hydrogen-bond acceptors (Lipinski definition) is 4. The first-order valence-corrected chi connectivity index (χ1v) is 12.8. The summed E-state index contributed by atoms with van der Waals surface area (Å²) in [6.07, 6.45) is 3.38. The summed E-state index contributed by atoms with van der Waals surface area (Å²) in [5, 5.41) is 8.79. The summed E-state index contributed by atoms with van der Waals surface area (Å²) in [6.45, 7) is 8.66. The second-order valence-corrected chi connectivity index (χ2v) is 10.1. The van der Waals surface area contributed by atoms with Gasteiger partial charge in [-0.25, -0.2) is 13.5 Å². The highest BCUT2D eigenvalue weighted by Crippen LogP contribution is 2.43. The molecule has 1 unspecified atom stereocenters. The minimum atomic E-state index is -0.638. The number of ether oxygens (including phenoxy) is 1. The summed E-state index contributed by atoms with van der Waals surface area (Å²) in [5.41, 5.74) is 5.33. The standard InChI is InChI=1S/C30H29F2N5O/c1-17(2)25-23(31)15-22-27-24(14-21(16-33-27)28-18(3)34-35-36(28)4)37(30(22)26(25)32)29(19-8-6-5-7-9-19)20-10-12-38-13-11-20/h5-9,14-16,20,29H,1,10-13H2,2-4H3. The summed E-state index contributed by atoms with van der Waals surface area (Å²) < 4.78 is 41.1. The third-order valence-electron chi connectivity index (χ3n) is 7.64. The Bertz CT molecular complexity index is 1660. The predicted molar refractivity (Wildman–Crippen MR) is 145 cm³/mol. The molecule has 0 amide bonds. The van der Waals surface area contributed by atoms with Gasteiger partial charge in [0.2, 0.25) is 0 Å². The van der Waals surface area contributed by atoms with Crippen molar-refractivity contribution in [3.63, 3.8) is 0 Å². The van der Waals surface area contributed by atoms with Crippen LogP contribution in [-0.4, -0.2) is 37.8 Å². The maximum Gasteiger partial charge on any atom is 0.157 e. The minimum absolute atomic E-state index is 0.0905. The number of hydrogen-bond donors (Lipinski definition) is 0. The lowest BCUT2D eigenvalue weighted by Crippen LogP contribution is -2.27. The number of benzene rings is 2. The fourth-order valence-electron chi connectivity index (χ4n) is 5.97. The van der Waals surface area contributed by atoms with Crippen LogP contribution in [-0.2, 0) is 11.8 Å². The third-order valence-corrected chi connectivity index (χ3v) is 7.64. The lowest BCUT2D eigenvalue weighted by molar-refractivity contribution is 0.0552. The molecule has 0 aliphatic carbocycles. The highest BCUT2D eigenvalue weighted by molar-refractivity contribution is 6.08. The molecule has 5 aromatic rings. The molecule has 4 heterocycles. The molecule has 1 fully saturated rings. The van der Waals surface area contributed by atoms with Crippen LogP contribution in [0.4, 0.5) is 8.78 Å². The zero-order valence-electron chi connectivity index (χ0n) is 21.7. The summed E-state index contributed by atoms with van der Waals surface area (Å²) >= 11 is 0. The molecule has 3 aromatic heterocycles. The topological polar surface area (TPSA) is 57.8 Å². The molecule has 2 aromatic carbocycles. The predicted octanol–water partition coefficient (Wildman–Crippen LogP) is 6.62. The highest BCUT2D eigenvalue weighted by atomic mass is 19.1. The molecule has 0 bridgehead atoms. The second kappa shape index (κ2) is 9.44. The molecule has 1 aliphatic heterocycles. The first-order chi connectivity index (χ1) is 18.4. The Kier molecular flexibility index (Phi) is 6.07. The smallest absolute Gasteiger partial charge is 0.157 e. The fourth-order valence-corrected chi connectivity index (χ4v) is 5.97. The van der Waals surface area contributed by atoms with E-state index in [1.165, 1.54) is 6.07 Å². The van der Waals surface area contributed by atoms with Gasteiger partial charge in [0, 0.05) is 37.4 Å². The van der Waals surface area contributed by atoms with Crippen molar-refractivity contribution in [1.29, 1.82) is 0 Å². The molecule has 0 N–H and O–H groups in total. The number of halogens is 2. The quantitative estimate of drug-likeness (QED) is 0.265. The Hall–Kier alpha value is -3.91. The Morgan fingerprint density at radius 1 is 1.13 bits per heavy atom. The monoisotopic (exact) mass is 513 g/mol. The van der Waals surface area contributed by atoms with Crippen LogP contribution in [0.1, 0.15) is 42.6 Å². The Balaban J connectivity index is 1.75. The van der Waals surface area contributed by atoms with Crippen molar-refractivity contribution >= 4 is 27.5 Å². The van der Waals surface area contributed by atoms with Crippen LogP contribution in [0.15, 0.2) is 55.2 Å². The van der Waals surface area contributed by atoms with Crippen LogP contribution in [0.3, 0.4) is 0 Å². The highest BCUT2D eigenvalue weighted by Gasteiger charge is 2.32. The van der Waals surface area contributed by atoms with Crippen molar-refractivity contribution in [3.8, 4) is 11.3 Å². The van der Waals surface area contributed by atoms with Gasteiger partial charge in [0.15, 0.2) is 5.82 Å². The summed E-state index contributed by atoms with van der Waals surface area (Å²) in [4.78, 5) is 4.78. The van der Waals surface area contributed by atoms with E-state index in [0.29, 0.717) is 35.2 Å². The summed E-state index contributed by atoms with van der Waals surface area (Å²) in [5.74, 6) is -1.06. The number of nitrogens with zero attached hydrogens (tertiary/aromatic N) is 5. The molecule has 8 heteroatoms. The van der Waals surface area contributed by atoms with E-state index in [9.17, 15) is 0 Å². The summed E-state index contributed by atoms with van der Waals surface area (Å²) in [7, 11) is 1.83. The molecule has 38 heavy (non-hydrogen) atoms. The van der Waals surface area contributed by atoms with Crippen LogP contribution in [0, 0.1) is 24.5 Å². The van der Waals surface area contributed by atoms with Gasteiger partial charge in [0.05, 0.1) is 39.5 Å². The molecule has 6 rings (SSSR count). The molecule has 0 saturated carbocycles. The molecule has 0 spiro atoms. The molecule has 1 aliphatic rings. The number of rotatable bonds is 5. The molecular formula is C30H29F2N5O. The molecular weight excluding hydrogens is 484 g/mol. The van der Waals surface area contributed by atoms with E-state index in [4.69, 9.17) is 9.72 Å². The van der Waals surface area contributed by atoms with Gasteiger partial charge >= 0.3 is 0 Å². The summed E-state index contributed by atoms with van der Waals surface area (Å²) in [6, 6.07) is 13.3. The molecule has 1 atom stereocenters. The van der Waals surface area contributed by atoms with Gasteiger partial charge in [-0.3, -0.25) is 4.98 Å². The zero-order chi connectivity index (χ0) is 26.6. The maximum absolute atomic E-state index is 16.4. The van der Waals surface area contributed by atoms with Crippen molar-refractivity contribution in [3.05, 3.63) is 83.7 Å². The average molecular weight is 514 g/mol. The van der Waals surface area contributed by atoms with E-state index in [-0.39, 0.29) is 17.5 Å². The van der Waals surface area contributed by atoms with Gasteiger partial charge in [-0.1, -0.05) is 42.1 Å². The van der Waals surface area contributed by atoms with Crippen molar-refractivity contribution in [2.45, 2.75) is 32.7 Å². The van der Waals surface area contributed by atoms with E-state index in [0.717, 1.165) is 40.9 Å². The van der Waals surface area contributed by atoms with Crippen molar-refractivity contribution in [2.75, 3.05) is 13.2 Å². The van der Waals surface area contributed by atoms with Crippen molar-refractivity contribution < 1.29 is 13.5 Å². The van der Waals surface area contributed by atoms with Crippen LogP contribution in [0.2, 0.25) is 0 Å².